The Morgan fingerprint density at radius 1 is 1.22 bits per heavy atom. The minimum absolute atomic E-state index is 0.0189. The lowest BCUT2D eigenvalue weighted by Crippen LogP contribution is -2.39. The van der Waals surface area contributed by atoms with Crippen molar-refractivity contribution in [2.45, 2.75) is 12.0 Å². The molecular formula is C20H18Cl3N5O2S2. The number of benzene rings is 2. The van der Waals surface area contributed by atoms with Crippen LogP contribution >= 0.6 is 58.8 Å². The number of aromatic amines is 1. The van der Waals surface area contributed by atoms with Crippen LogP contribution in [0.1, 0.15) is 16.8 Å². The number of rotatable bonds is 6. The summed E-state index contributed by atoms with van der Waals surface area (Å²) in [7, 11) is 3.96. The highest BCUT2D eigenvalue weighted by Gasteiger charge is 2.36. The van der Waals surface area contributed by atoms with Gasteiger partial charge < -0.3 is 9.64 Å². The second-order valence-corrected chi connectivity index (χ2v) is 9.84. The van der Waals surface area contributed by atoms with Gasteiger partial charge in [-0.1, -0.05) is 46.9 Å². The van der Waals surface area contributed by atoms with E-state index in [1.54, 1.807) is 9.69 Å². The smallest absolute Gasteiger partial charge is 0.252 e. The molecule has 3 aromatic rings. The summed E-state index contributed by atoms with van der Waals surface area (Å²) in [6.45, 7) is -0.0189. The number of amides is 1. The van der Waals surface area contributed by atoms with Crippen LogP contribution < -0.4 is 14.6 Å². The maximum atomic E-state index is 12.8. The molecule has 0 bridgehead atoms. The van der Waals surface area contributed by atoms with Crippen LogP contribution in [0, 0.1) is 4.77 Å². The number of nitrogens with zero attached hydrogens (tertiary/aromatic N) is 4. The molecular weight excluding hydrogens is 513 g/mol. The Balaban J connectivity index is 1.64. The zero-order valence-corrected chi connectivity index (χ0v) is 20.9. The van der Waals surface area contributed by atoms with Crippen molar-refractivity contribution >= 4 is 70.4 Å². The fraction of sp³-hybridized carbons (Fsp3) is 0.250. The van der Waals surface area contributed by atoms with Crippen LogP contribution in [-0.4, -0.2) is 40.6 Å². The number of aromatic nitrogens is 3. The third kappa shape index (κ3) is 4.58. The molecule has 1 aromatic heterocycles. The van der Waals surface area contributed by atoms with Gasteiger partial charge in [-0.15, -0.1) is 11.8 Å². The van der Waals surface area contributed by atoms with Gasteiger partial charge in [0.25, 0.3) is 5.91 Å². The molecule has 2 heterocycles. The van der Waals surface area contributed by atoms with Crippen LogP contribution in [0.25, 0.3) is 0 Å². The Morgan fingerprint density at radius 3 is 2.50 bits per heavy atom. The van der Waals surface area contributed by atoms with Crippen molar-refractivity contribution in [3.05, 3.63) is 67.6 Å². The van der Waals surface area contributed by atoms with Gasteiger partial charge in [0.15, 0.2) is 11.6 Å². The molecule has 2 aromatic carbocycles. The summed E-state index contributed by atoms with van der Waals surface area (Å²) >= 11 is 25.3. The molecule has 1 aliphatic rings. The van der Waals surface area contributed by atoms with Crippen molar-refractivity contribution < 1.29 is 9.53 Å². The van der Waals surface area contributed by atoms with Crippen molar-refractivity contribution in [3.63, 3.8) is 0 Å². The first kappa shape index (κ1) is 23.3. The lowest BCUT2D eigenvalue weighted by Gasteiger charge is -2.26. The number of anilines is 1. The summed E-state index contributed by atoms with van der Waals surface area (Å²) in [6.07, 6.45) is 0. The summed E-state index contributed by atoms with van der Waals surface area (Å²) in [5.41, 5.74) is 2.05. The van der Waals surface area contributed by atoms with E-state index in [9.17, 15) is 4.79 Å². The zero-order chi connectivity index (χ0) is 23.0. The normalized spacial score (nSPS) is 16.0. The highest BCUT2D eigenvalue weighted by molar-refractivity contribution is 8.00. The predicted octanol–water partition coefficient (Wildman–Crippen LogP) is 5.46. The average molecular weight is 531 g/mol. The Bertz CT molecular complexity index is 1190. The monoisotopic (exact) mass is 529 g/mol. The average Bonchev–Trinajstić information content (AvgIpc) is 3.29. The van der Waals surface area contributed by atoms with E-state index < -0.39 is 0 Å². The first-order chi connectivity index (χ1) is 15.3. The van der Waals surface area contributed by atoms with Crippen LogP contribution in [-0.2, 0) is 11.4 Å². The Kier molecular flexibility index (Phi) is 6.92. The van der Waals surface area contributed by atoms with Crippen molar-refractivity contribution in [1.29, 1.82) is 0 Å². The lowest BCUT2D eigenvalue weighted by molar-refractivity contribution is -0.117. The number of hydrogen-bond acceptors (Lipinski definition) is 6. The number of thioether (sulfide) groups is 1. The number of hydrogen-bond donors (Lipinski definition) is 1. The topological polar surface area (TPSA) is 66.4 Å². The first-order valence-electron chi connectivity index (χ1n) is 9.41. The van der Waals surface area contributed by atoms with E-state index in [4.69, 9.17) is 51.8 Å². The van der Waals surface area contributed by atoms with Gasteiger partial charge in [-0.3, -0.25) is 9.89 Å². The lowest BCUT2D eigenvalue weighted by atomic mass is 10.2. The molecule has 1 atom stereocenters. The van der Waals surface area contributed by atoms with Crippen molar-refractivity contribution in [1.82, 2.24) is 14.9 Å². The van der Waals surface area contributed by atoms with E-state index >= 15 is 0 Å². The zero-order valence-electron chi connectivity index (χ0n) is 17.0. The van der Waals surface area contributed by atoms with Crippen molar-refractivity contribution in [3.8, 4) is 5.75 Å². The third-order valence-electron chi connectivity index (χ3n) is 4.78. The molecule has 1 unspecified atom stereocenters. The van der Waals surface area contributed by atoms with Gasteiger partial charge in [-0.05, 0) is 42.0 Å². The highest BCUT2D eigenvalue weighted by Crippen LogP contribution is 2.39. The van der Waals surface area contributed by atoms with Gasteiger partial charge in [0, 0.05) is 24.8 Å². The van der Waals surface area contributed by atoms with E-state index in [2.05, 4.69) is 10.2 Å². The Labute approximate surface area is 209 Å². The number of carbonyl (C=O) groups excluding carboxylic acids is 1. The Morgan fingerprint density at radius 2 is 1.88 bits per heavy atom. The first-order valence-corrected chi connectivity index (χ1v) is 12.0. The van der Waals surface area contributed by atoms with Crippen molar-refractivity contribution in [2.75, 3.05) is 29.8 Å². The van der Waals surface area contributed by atoms with Gasteiger partial charge in [-0.25, -0.2) is 9.69 Å². The molecule has 1 saturated heterocycles. The van der Waals surface area contributed by atoms with E-state index in [-0.39, 0.29) is 38.5 Å². The molecule has 1 N–H and O–H groups in total. The molecule has 1 amide bonds. The summed E-state index contributed by atoms with van der Waals surface area (Å²) in [4.78, 5) is 14.9. The molecule has 32 heavy (non-hydrogen) atoms. The SMILES string of the molecule is CN(C)c1ccc(C2SCC(=O)N2n2c(COc3c(Cl)cc(Cl)cc3Cl)n[nH]c2=S)cc1. The summed E-state index contributed by atoms with van der Waals surface area (Å²) in [5, 5.41) is 9.28. The standard InChI is InChI=1S/C20H18Cl3N5O2S2/c1-26(2)13-5-3-11(4-6-13)19-28(17(29)10-32-19)27-16(24-25-20(27)31)9-30-18-14(22)7-12(21)8-15(18)23/h3-8,19H,9-10H2,1-2H3,(H,25,31). The fourth-order valence-corrected chi connectivity index (χ4v) is 5.55. The Hall–Kier alpha value is -1.91. The van der Waals surface area contributed by atoms with Gasteiger partial charge in [-0.2, -0.15) is 5.10 Å². The minimum Gasteiger partial charge on any atom is -0.482 e. The molecule has 0 radical (unpaired) electrons. The fourth-order valence-electron chi connectivity index (χ4n) is 3.25. The molecule has 0 spiro atoms. The molecule has 0 saturated carbocycles. The molecule has 1 aliphatic heterocycles. The number of nitrogens with one attached hydrogen (secondary N) is 1. The van der Waals surface area contributed by atoms with E-state index in [1.165, 1.54) is 23.9 Å². The summed E-state index contributed by atoms with van der Waals surface area (Å²) in [5.74, 6) is 0.916. The molecule has 7 nitrogen and oxygen atoms in total. The van der Waals surface area contributed by atoms with Crippen LogP contribution in [0.15, 0.2) is 36.4 Å². The quantitative estimate of drug-likeness (QED) is 0.427. The summed E-state index contributed by atoms with van der Waals surface area (Å²) in [6, 6.07) is 11.1. The highest BCUT2D eigenvalue weighted by atomic mass is 35.5. The number of halogens is 3. The van der Waals surface area contributed by atoms with Crippen LogP contribution in [0.3, 0.4) is 0 Å². The van der Waals surface area contributed by atoms with Gasteiger partial charge in [0.1, 0.15) is 12.0 Å². The molecule has 0 aliphatic carbocycles. The van der Waals surface area contributed by atoms with E-state index in [0.29, 0.717) is 16.6 Å². The predicted molar refractivity (Wildman–Crippen MR) is 132 cm³/mol. The van der Waals surface area contributed by atoms with Crippen molar-refractivity contribution in [2.24, 2.45) is 0 Å². The number of carbonyl (C=O) groups is 1. The summed E-state index contributed by atoms with van der Waals surface area (Å²) < 4.78 is 7.67. The largest absolute Gasteiger partial charge is 0.482 e. The van der Waals surface area contributed by atoms with Crippen LogP contribution in [0.4, 0.5) is 5.69 Å². The van der Waals surface area contributed by atoms with Crippen LogP contribution in [0.2, 0.25) is 15.1 Å². The second kappa shape index (κ2) is 9.52. The maximum absolute atomic E-state index is 12.8. The number of ether oxygens (including phenoxy) is 1. The molecule has 4 rings (SSSR count). The number of H-pyrrole nitrogens is 1. The van der Waals surface area contributed by atoms with E-state index in [1.807, 2.05) is 43.3 Å². The van der Waals surface area contributed by atoms with Gasteiger partial charge in [0.2, 0.25) is 4.77 Å². The maximum Gasteiger partial charge on any atom is 0.252 e. The minimum atomic E-state index is -0.260. The molecule has 1 fully saturated rings. The van der Waals surface area contributed by atoms with Gasteiger partial charge in [0.05, 0.1) is 15.8 Å². The van der Waals surface area contributed by atoms with Crippen LogP contribution in [0.5, 0.6) is 5.75 Å². The van der Waals surface area contributed by atoms with Gasteiger partial charge >= 0.3 is 0 Å². The molecule has 168 valence electrons. The second-order valence-electron chi connectivity index (χ2n) is 7.13. The molecule has 12 heteroatoms. The third-order valence-corrected chi connectivity index (χ3v) is 7.02. The van der Waals surface area contributed by atoms with E-state index in [0.717, 1.165) is 11.3 Å².